The number of ether oxygens (including phenoxy) is 4. The van der Waals surface area contributed by atoms with E-state index in [0.717, 1.165) is 11.3 Å². The minimum atomic E-state index is -0.611. The van der Waals surface area contributed by atoms with Gasteiger partial charge in [0, 0.05) is 19.5 Å². The van der Waals surface area contributed by atoms with Crippen molar-refractivity contribution in [2.75, 3.05) is 39.6 Å². The van der Waals surface area contributed by atoms with Gasteiger partial charge in [-0.2, -0.15) is 0 Å². The van der Waals surface area contributed by atoms with E-state index in [1.165, 1.54) is 4.90 Å². The highest BCUT2D eigenvalue weighted by molar-refractivity contribution is 5.99. The first kappa shape index (κ1) is 29.1. The average molecular weight is 528 g/mol. The number of hydrogen-bond donors (Lipinski definition) is 1. The molecule has 2 N–H and O–H groups in total. The molecule has 0 spiro atoms. The number of carbonyl (C=O) groups is 2. The van der Waals surface area contributed by atoms with Crippen LogP contribution in [0.5, 0.6) is 11.5 Å². The van der Waals surface area contributed by atoms with Crippen LogP contribution < -0.4 is 15.2 Å². The third-order valence-electron chi connectivity index (χ3n) is 6.40. The molecule has 0 bridgehead atoms. The lowest BCUT2D eigenvalue weighted by atomic mass is 9.99. The van der Waals surface area contributed by atoms with Gasteiger partial charge in [0.2, 0.25) is 0 Å². The maximum absolute atomic E-state index is 13.7. The Morgan fingerprint density at radius 2 is 1.89 bits per heavy atom. The summed E-state index contributed by atoms with van der Waals surface area (Å²) in [6.45, 7) is 10.9. The van der Waals surface area contributed by atoms with Crippen molar-refractivity contribution in [1.82, 2.24) is 9.80 Å². The van der Waals surface area contributed by atoms with E-state index in [9.17, 15) is 9.59 Å². The Hall–Kier alpha value is -3.46. The summed E-state index contributed by atoms with van der Waals surface area (Å²) in [5.74, 6) is 0.844. The summed E-state index contributed by atoms with van der Waals surface area (Å²) in [6.07, 6.45) is -0.858. The largest absolute Gasteiger partial charge is 0.497 e. The van der Waals surface area contributed by atoms with Crippen molar-refractivity contribution in [2.24, 2.45) is 5.92 Å². The summed E-state index contributed by atoms with van der Waals surface area (Å²) in [5.41, 5.74) is 7.43. The van der Waals surface area contributed by atoms with Gasteiger partial charge in [0.05, 0.1) is 44.2 Å². The van der Waals surface area contributed by atoms with Gasteiger partial charge >= 0.3 is 6.09 Å². The molecule has 0 fully saturated rings. The number of nitrogens with two attached hydrogens (primary N) is 1. The highest BCUT2D eigenvalue weighted by atomic mass is 16.6. The zero-order chi connectivity index (χ0) is 28.0. The third kappa shape index (κ3) is 7.54. The Kier molecular flexibility index (Phi) is 9.49. The summed E-state index contributed by atoms with van der Waals surface area (Å²) >= 11 is 0. The number of methoxy groups -OCH3 is 1. The molecule has 2 amide bonds. The van der Waals surface area contributed by atoms with Crippen molar-refractivity contribution in [3.63, 3.8) is 0 Å². The first-order chi connectivity index (χ1) is 17.9. The van der Waals surface area contributed by atoms with Crippen molar-refractivity contribution < 1.29 is 28.5 Å². The van der Waals surface area contributed by atoms with Crippen molar-refractivity contribution >= 4 is 17.7 Å². The number of likely N-dealkylation sites (N-methyl/N-ethyl adjacent to an activating group) is 1. The number of carbonyl (C=O) groups excluding carboxylic acids is 2. The molecule has 2 aromatic carbocycles. The van der Waals surface area contributed by atoms with E-state index in [0.29, 0.717) is 36.8 Å². The van der Waals surface area contributed by atoms with Crippen LogP contribution in [0.1, 0.15) is 50.5 Å². The molecule has 0 unspecified atom stereocenters. The van der Waals surface area contributed by atoms with E-state index in [1.54, 1.807) is 37.3 Å². The Balaban J connectivity index is 1.77. The first-order valence-electron chi connectivity index (χ1n) is 12.9. The molecular weight excluding hydrogens is 486 g/mol. The van der Waals surface area contributed by atoms with Crippen molar-refractivity contribution in [2.45, 2.75) is 59.0 Å². The van der Waals surface area contributed by atoms with Crippen LogP contribution in [-0.4, -0.2) is 73.4 Å². The fourth-order valence-corrected chi connectivity index (χ4v) is 4.23. The monoisotopic (exact) mass is 527 g/mol. The maximum atomic E-state index is 13.7. The van der Waals surface area contributed by atoms with Gasteiger partial charge in [0.15, 0.2) is 5.75 Å². The van der Waals surface area contributed by atoms with Crippen LogP contribution in [0.15, 0.2) is 42.5 Å². The molecule has 3 atom stereocenters. The highest BCUT2D eigenvalue weighted by Crippen LogP contribution is 2.33. The normalized spacial score (nSPS) is 18.5. The number of fused-ring (bicyclic) bond motifs is 1. The van der Waals surface area contributed by atoms with Crippen LogP contribution in [0, 0.1) is 5.92 Å². The Labute approximate surface area is 225 Å². The minimum Gasteiger partial charge on any atom is -0.497 e. The maximum Gasteiger partial charge on any atom is 0.410 e. The van der Waals surface area contributed by atoms with Crippen LogP contribution in [0.4, 0.5) is 10.5 Å². The van der Waals surface area contributed by atoms with Crippen molar-refractivity contribution in [3.05, 3.63) is 53.6 Å². The molecule has 1 aliphatic heterocycles. The predicted octanol–water partition coefficient (Wildman–Crippen LogP) is 4.59. The molecule has 0 aromatic heterocycles. The Bertz CT molecular complexity index is 1100. The summed E-state index contributed by atoms with van der Waals surface area (Å²) in [5, 5.41) is 0. The lowest BCUT2D eigenvalue weighted by Crippen LogP contribution is -2.50. The summed E-state index contributed by atoms with van der Waals surface area (Å²) in [4.78, 5) is 29.6. The highest BCUT2D eigenvalue weighted by Gasteiger charge is 2.35. The first-order valence-corrected chi connectivity index (χ1v) is 12.9. The molecule has 0 saturated carbocycles. The van der Waals surface area contributed by atoms with Crippen molar-refractivity contribution in [1.29, 1.82) is 0 Å². The number of nitrogens with zero attached hydrogens (tertiary/aromatic N) is 2. The number of para-hydroxylation sites is 1. The fourth-order valence-electron chi connectivity index (χ4n) is 4.23. The molecule has 0 radical (unpaired) electrons. The standard InChI is InChI=1S/C29H41N3O6/c1-19-15-32(20(2)17-36-18-21-11-13-22(35-7)14-12-21)27(33)23-9-8-10-24(30)26(23)37-25(19)16-31(6)28(34)38-29(3,4)5/h8-14,19-20,25H,15-18,30H2,1-7H3/t19-,20+,25-/m1/s1. The Morgan fingerprint density at radius 3 is 2.53 bits per heavy atom. The molecule has 1 aliphatic rings. The van der Waals surface area contributed by atoms with Gasteiger partial charge in [0.25, 0.3) is 5.91 Å². The second-order valence-electron chi connectivity index (χ2n) is 10.9. The van der Waals surface area contributed by atoms with Gasteiger partial charge in [-0.15, -0.1) is 0 Å². The lowest BCUT2D eigenvalue weighted by molar-refractivity contribution is 0.00742. The molecular formula is C29H41N3O6. The van der Waals surface area contributed by atoms with E-state index in [4.69, 9.17) is 24.7 Å². The van der Waals surface area contributed by atoms with Gasteiger partial charge < -0.3 is 34.5 Å². The van der Waals surface area contributed by atoms with Gasteiger partial charge in [-0.3, -0.25) is 4.79 Å². The SMILES string of the molecule is COc1ccc(COC[C@H](C)N2C[C@@H](C)[C@@H](CN(C)C(=O)OC(C)(C)C)Oc3c(N)cccc3C2=O)cc1. The van der Waals surface area contributed by atoms with E-state index >= 15 is 0 Å². The molecule has 0 aliphatic carbocycles. The van der Waals surface area contributed by atoms with Crippen LogP contribution in [-0.2, 0) is 16.1 Å². The molecule has 208 valence electrons. The second-order valence-corrected chi connectivity index (χ2v) is 10.9. The van der Waals surface area contributed by atoms with Gasteiger partial charge in [-0.05, 0) is 57.5 Å². The molecule has 2 aromatic rings. The number of amides is 2. The Morgan fingerprint density at radius 1 is 1.21 bits per heavy atom. The number of nitrogen functional groups attached to an aromatic ring is 1. The zero-order valence-corrected chi connectivity index (χ0v) is 23.5. The zero-order valence-electron chi connectivity index (χ0n) is 23.5. The summed E-state index contributed by atoms with van der Waals surface area (Å²) in [7, 11) is 3.31. The van der Waals surface area contributed by atoms with Gasteiger partial charge in [-0.25, -0.2) is 4.79 Å². The number of benzene rings is 2. The molecule has 9 heteroatoms. The van der Waals surface area contributed by atoms with E-state index in [1.807, 2.05) is 58.9 Å². The second kappa shape index (κ2) is 12.4. The summed E-state index contributed by atoms with van der Waals surface area (Å²) < 4.78 is 23.0. The average Bonchev–Trinajstić information content (AvgIpc) is 2.85. The third-order valence-corrected chi connectivity index (χ3v) is 6.40. The van der Waals surface area contributed by atoms with E-state index in [-0.39, 0.29) is 24.4 Å². The molecule has 1 heterocycles. The van der Waals surface area contributed by atoms with E-state index in [2.05, 4.69) is 0 Å². The summed E-state index contributed by atoms with van der Waals surface area (Å²) in [6, 6.07) is 12.6. The molecule has 3 rings (SSSR count). The van der Waals surface area contributed by atoms with Crippen molar-refractivity contribution in [3.8, 4) is 11.5 Å². The van der Waals surface area contributed by atoms with Gasteiger partial charge in [0.1, 0.15) is 17.5 Å². The van der Waals surface area contributed by atoms with E-state index < -0.39 is 17.8 Å². The number of hydrogen-bond acceptors (Lipinski definition) is 7. The number of rotatable bonds is 8. The molecule has 0 saturated heterocycles. The van der Waals surface area contributed by atoms with Crippen LogP contribution in [0.3, 0.4) is 0 Å². The fraction of sp³-hybridized carbons (Fsp3) is 0.517. The number of anilines is 1. The van der Waals surface area contributed by atoms with Gasteiger partial charge in [-0.1, -0.05) is 25.1 Å². The molecule has 38 heavy (non-hydrogen) atoms. The lowest BCUT2D eigenvalue weighted by Gasteiger charge is -2.38. The van der Waals surface area contributed by atoms with Crippen LogP contribution in [0.25, 0.3) is 0 Å². The van der Waals surface area contributed by atoms with Crippen LogP contribution in [0.2, 0.25) is 0 Å². The topological polar surface area (TPSA) is 104 Å². The predicted molar refractivity (Wildman–Crippen MR) is 146 cm³/mol. The molecule has 9 nitrogen and oxygen atoms in total. The quantitative estimate of drug-likeness (QED) is 0.501. The minimum absolute atomic E-state index is 0.111. The van der Waals surface area contributed by atoms with Crippen LogP contribution >= 0.6 is 0 Å². The smallest absolute Gasteiger partial charge is 0.410 e.